The maximum Gasteiger partial charge on any atom is 0.227 e. The van der Waals surface area contributed by atoms with Crippen molar-refractivity contribution in [2.45, 2.75) is 32.7 Å². The van der Waals surface area contributed by atoms with Gasteiger partial charge in [-0.15, -0.1) is 0 Å². The molecule has 1 atom stereocenters. The van der Waals surface area contributed by atoms with Gasteiger partial charge in [-0.3, -0.25) is 9.59 Å². The average molecular weight is 289 g/mol. The van der Waals surface area contributed by atoms with E-state index in [9.17, 15) is 9.59 Å². The number of benzene rings is 1. The van der Waals surface area contributed by atoms with Crippen LogP contribution in [0, 0.1) is 11.8 Å². The number of rotatable bonds is 6. The smallest absolute Gasteiger partial charge is 0.227 e. The minimum absolute atomic E-state index is 0.0543. The highest BCUT2D eigenvalue weighted by atomic mass is 16.2. The summed E-state index contributed by atoms with van der Waals surface area (Å²) < 4.78 is 0. The third-order valence-corrected chi connectivity index (χ3v) is 3.94. The summed E-state index contributed by atoms with van der Waals surface area (Å²) in [4.78, 5) is 23.6. The second-order valence-corrected chi connectivity index (χ2v) is 5.67. The fraction of sp³-hybridized carbons (Fsp3) is 0.500. The second-order valence-electron chi connectivity index (χ2n) is 5.67. The van der Waals surface area contributed by atoms with E-state index < -0.39 is 0 Å². The topological polar surface area (TPSA) is 84.2 Å². The Morgan fingerprint density at radius 2 is 2.14 bits per heavy atom. The fourth-order valence-corrected chi connectivity index (χ4v) is 2.14. The summed E-state index contributed by atoms with van der Waals surface area (Å²) in [7, 11) is 0. The first kappa shape index (κ1) is 15.5. The molecule has 0 spiro atoms. The van der Waals surface area contributed by atoms with E-state index in [4.69, 9.17) is 5.73 Å². The van der Waals surface area contributed by atoms with E-state index in [2.05, 4.69) is 10.6 Å². The van der Waals surface area contributed by atoms with Crippen LogP contribution in [-0.2, 0) is 16.1 Å². The highest BCUT2D eigenvalue weighted by Gasteiger charge is 2.25. The Morgan fingerprint density at radius 3 is 2.76 bits per heavy atom. The van der Waals surface area contributed by atoms with Crippen molar-refractivity contribution in [2.24, 2.45) is 17.6 Å². The Kier molecular flexibility index (Phi) is 5.33. The summed E-state index contributed by atoms with van der Waals surface area (Å²) in [6.45, 7) is 2.57. The lowest BCUT2D eigenvalue weighted by Crippen LogP contribution is -2.32. The molecule has 0 aliphatic heterocycles. The van der Waals surface area contributed by atoms with Crippen LogP contribution in [0.1, 0.15) is 31.7 Å². The zero-order valence-corrected chi connectivity index (χ0v) is 12.4. The van der Waals surface area contributed by atoms with Crippen LogP contribution in [0.3, 0.4) is 0 Å². The lowest BCUT2D eigenvalue weighted by atomic mass is 9.85. The lowest BCUT2D eigenvalue weighted by Gasteiger charge is -2.24. The number of carbonyl (C=O) groups excluding carboxylic acids is 2. The van der Waals surface area contributed by atoms with Crippen LogP contribution in [-0.4, -0.2) is 18.4 Å². The number of nitrogens with two attached hydrogens (primary N) is 1. The van der Waals surface area contributed by atoms with Gasteiger partial charge in [0, 0.05) is 30.6 Å². The van der Waals surface area contributed by atoms with Gasteiger partial charge < -0.3 is 16.4 Å². The summed E-state index contributed by atoms with van der Waals surface area (Å²) in [5.41, 5.74) is 7.20. The number of nitrogens with one attached hydrogen (secondary N) is 2. The molecule has 1 aromatic rings. The molecule has 1 fully saturated rings. The summed E-state index contributed by atoms with van der Waals surface area (Å²) >= 11 is 0. The van der Waals surface area contributed by atoms with Gasteiger partial charge in [0.2, 0.25) is 11.8 Å². The van der Waals surface area contributed by atoms with E-state index in [-0.39, 0.29) is 23.7 Å². The SMILES string of the molecule is CC(CN)C(=O)NCc1cccc(NC(=O)C2CCC2)c1. The Hall–Kier alpha value is -1.88. The van der Waals surface area contributed by atoms with Gasteiger partial charge >= 0.3 is 0 Å². The van der Waals surface area contributed by atoms with Crippen molar-refractivity contribution in [3.8, 4) is 0 Å². The molecule has 114 valence electrons. The Balaban J connectivity index is 1.88. The molecule has 1 aliphatic carbocycles. The molecule has 4 N–H and O–H groups in total. The molecule has 5 heteroatoms. The lowest BCUT2D eigenvalue weighted by molar-refractivity contribution is -0.124. The van der Waals surface area contributed by atoms with Crippen LogP contribution in [0.5, 0.6) is 0 Å². The van der Waals surface area contributed by atoms with Crippen molar-refractivity contribution in [3.05, 3.63) is 29.8 Å². The normalized spacial score (nSPS) is 15.9. The van der Waals surface area contributed by atoms with Crippen LogP contribution in [0.4, 0.5) is 5.69 Å². The molecule has 0 saturated heterocycles. The summed E-state index contributed by atoms with van der Waals surface area (Å²) in [5.74, 6) is 0.0193. The highest BCUT2D eigenvalue weighted by Crippen LogP contribution is 2.27. The molecule has 21 heavy (non-hydrogen) atoms. The molecule has 0 bridgehead atoms. The fourth-order valence-electron chi connectivity index (χ4n) is 2.14. The van der Waals surface area contributed by atoms with E-state index in [0.717, 1.165) is 30.5 Å². The third kappa shape index (κ3) is 4.29. The van der Waals surface area contributed by atoms with Gasteiger partial charge in [0.15, 0.2) is 0 Å². The van der Waals surface area contributed by atoms with Gasteiger partial charge in [-0.25, -0.2) is 0 Å². The minimum Gasteiger partial charge on any atom is -0.352 e. The van der Waals surface area contributed by atoms with E-state index >= 15 is 0 Å². The summed E-state index contributed by atoms with van der Waals surface area (Å²) in [6, 6.07) is 7.56. The maximum absolute atomic E-state index is 11.9. The Bertz CT molecular complexity index is 512. The van der Waals surface area contributed by atoms with E-state index in [1.54, 1.807) is 6.92 Å². The van der Waals surface area contributed by atoms with Crippen LogP contribution in [0.2, 0.25) is 0 Å². The molecule has 1 aromatic carbocycles. The number of amides is 2. The van der Waals surface area contributed by atoms with Crippen LogP contribution in [0.25, 0.3) is 0 Å². The molecule has 2 rings (SSSR count). The molecule has 0 radical (unpaired) electrons. The highest BCUT2D eigenvalue weighted by molar-refractivity contribution is 5.93. The zero-order chi connectivity index (χ0) is 15.2. The van der Waals surface area contributed by atoms with Gasteiger partial charge in [-0.2, -0.15) is 0 Å². The predicted octanol–water partition coefficient (Wildman–Crippen LogP) is 1.64. The Morgan fingerprint density at radius 1 is 1.38 bits per heavy atom. The van der Waals surface area contributed by atoms with Crippen molar-refractivity contribution in [3.63, 3.8) is 0 Å². The molecule has 1 saturated carbocycles. The first-order valence-electron chi connectivity index (χ1n) is 7.47. The van der Waals surface area contributed by atoms with E-state index in [0.29, 0.717) is 13.1 Å². The van der Waals surface area contributed by atoms with Crippen LogP contribution < -0.4 is 16.4 Å². The number of anilines is 1. The zero-order valence-electron chi connectivity index (χ0n) is 12.4. The first-order chi connectivity index (χ1) is 10.1. The van der Waals surface area contributed by atoms with Gasteiger partial charge in [0.1, 0.15) is 0 Å². The third-order valence-electron chi connectivity index (χ3n) is 3.94. The average Bonchev–Trinajstić information content (AvgIpc) is 2.42. The van der Waals surface area contributed by atoms with E-state index in [1.807, 2.05) is 24.3 Å². The monoisotopic (exact) mass is 289 g/mol. The first-order valence-corrected chi connectivity index (χ1v) is 7.47. The number of hydrogen-bond acceptors (Lipinski definition) is 3. The number of hydrogen-bond donors (Lipinski definition) is 3. The summed E-state index contributed by atoms with van der Waals surface area (Å²) in [5, 5.41) is 5.78. The molecular weight excluding hydrogens is 266 g/mol. The molecule has 5 nitrogen and oxygen atoms in total. The molecule has 1 unspecified atom stereocenters. The van der Waals surface area contributed by atoms with Crippen LogP contribution in [0.15, 0.2) is 24.3 Å². The molecule has 0 aromatic heterocycles. The van der Waals surface area contributed by atoms with Crippen molar-refractivity contribution in [1.82, 2.24) is 5.32 Å². The van der Waals surface area contributed by atoms with Crippen molar-refractivity contribution < 1.29 is 9.59 Å². The summed E-state index contributed by atoms with van der Waals surface area (Å²) in [6.07, 6.45) is 3.11. The molecule has 1 aliphatic rings. The molecular formula is C16H23N3O2. The van der Waals surface area contributed by atoms with Gasteiger partial charge in [-0.1, -0.05) is 25.5 Å². The Labute approximate surface area is 125 Å². The maximum atomic E-state index is 11.9. The van der Waals surface area contributed by atoms with Crippen molar-refractivity contribution in [1.29, 1.82) is 0 Å². The van der Waals surface area contributed by atoms with Gasteiger partial charge in [0.25, 0.3) is 0 Å². The van der Waals surface area contributed by atoms with Gasteiger partial charge in [-0.05, 0) is 30.5 Å². The number of carbonyl (C=O) groups is 2. The minimum atomic E-state index is -0.188. The van der Waals surface area contributed by atoms with Crippen molar-refractivity contribution >= 4 is 17.5 Å². The van der Waals surface area contributed by atoms with E-state index in [1.165, 1.54) is 0 Å². The molecule has 2 amide bonds. The van der Waals surface area contributed by atoms with Crippen LogP contribution >= 0.6 is 0 Å². The quantitative estimate of drug-likeness (QED) is 0.744. The predicted molar refractivity (Wildman–Crippen MR) is 82.5 cm³/mol. The standard InChI is InChI=1S/C16H23N3O2/c1-11(9-17)15(20)18-10-12-4-2-7-14(8-12)19-16(21)13-5-3-6-13/h2,4,7-8,11,13H,3,5-6,9-10,17H2,1H3,(H,18,20)(H,19,21). The van der Waals surface area contributed by atoms with Gasteiger partial charge in [0.05, 0.1) is 0 Å². The second kappa shape index (κ2) is 7.22. The largest absolute Gasteiger partial charge is 0.352 e. The van der Waals surface area contributed by atoms with Crippen molar-refractivity contribution in [2.75, 3.05) is 11.9 Å². The molecule has 0 heterocycles.